The third-order valence-corrected chi connectivity index (χ3v) is 5.60. The van der Waals surface area contributed by atoms with E-state index in [-0.39, 0.29) is 23.7 Å². The molecule has 0 aromatic rings. The summed E-state index contributed by atoms with van der Waals surface area (Å²) >= 11 is 0. The standard InChI is InChI=1S/C11H21NO3S/c13-9-11(12-10-3-1-2-4-10)5-7-16(14,15)8-6-11/h10,12-13H,1-9H2. The van der Waals surface area contributed by atoms with Crippen LogP contribution in [0.3, 0.4) is 0 Å². The molecule has 16 heavy (non-hydrogen) atoms. The lowest BCUT2D eigenvalue weighted by Crippen LogP contribution is -2.56. The van der Waals surface area contributed by atoms with Crippen molar-refractivity contribution in [1.29, 1.82) is 0 Å². The third kappa shape index (κ3) is 2.76. The molecule has 0 radical (unpaired) electrons. The van der Waals surface area contributed by atoms with Gasteiger partial charge < -0.3 is 10.4 Å². The van der Waals surface area contributed by atoms with Crippen LogP contribution in [0.4, 0.5) is 0 Å². The summed E-state index contributed by atoms with van der Waals surface area (Å²) in [5.41, 5.74) is -0.333. The highest BCUT2D eigenvalue weighted by Crippen LogP contribution is 2.27. The van der Waals surface area contributed by atoms with E-state index in [4.69, 9.17) is 0 Å². The molecule has 2 rings (SSSR count). The highest BCUT2D eigenvalue weighted by atomic mass is 32.2. The first-order valence-corrected chi connectivity index (χ1v) is 7.96. The van der Waals surface area contributed by atoms with Crippen molar-refractivity contribution in [3.63, 3.8) is 0 Å². The first kappa shape index (κ1) is 12.3. The Morgan fingerprint density at radius 3 is 2.25 bits per heavy atom. The van der Waals surface area contributed by atoms with Gasteiger partial charge in [-0.1, -0.05) is 12.8 Å². The Morgan fingerprint density at radius 2 is 1.75 bits per heavy atom. The van der Waals surface area contributed by atoms with Crippen molar-refractivity contribution >= 4 is 9.84 Å². The normalized spacial score (nSPS) is 29.3. The summed E-state index contributed by atoms with van der Waals surface area (Å²) in [5, 5.41) is 13.0. The lowest BCUT2D eigenvalue weighted by molar-refractivity contribution is 0.136. The molecule has 0 spiro atoms. The summed E-state index contributed by atoms with van der Waals surface area (Å²) in [5.74, 6) is 0.431. The van der Waals surface area contributed by atoms with Gasteiger partial charge in [0, 0.05) is 11.6 Å². The van der Waals surface area contributed by atoms with Gasteiger partial charge in [-0.3, -0.25) is 0 Å². The average molecular weight is 247 g/mol. The van der Waals surface area contributed by atoms with Crippen LogP contribution in [0.25, 0.3) is 0 Å². The van der Waals surface area contributed by atoms with E-state index in [0.717, 1.165) is 12.8 Å². The molecular formula is C11H21NO3S. The van der Waals surface area contributed by atoms with Gasteiger partial charge in [-0.05, 0) is 25.7 Å². The Kier molecular flexibility index (Phi) is 3.56. The minimum Gasteiger partial charge on any atom is -0.394 e. The zero-order valence-electron chi connectivity index (χ0n) is 9.61. The van der Waals surface area contributed by atoms with Gasteiger partial charge in [-0.15, -0.1) is 0 Å². The molecule has 2 aliphatic rings. The van der Waals surface area contributed by atoms with E-state index in [0.29, 0.717) is 18.9 Å². The molecule has 0 amide bonds. The van der Waals surface area contributed by atoms with E-state index in [9.17, 15) is 13.5 Å². The molecule has 0 bridgehead atoms. The number of nitrogens with one attached hydrogen (secondary N) is 1. The Labute approximate surface area is 97.3 Å². The number of hydrogen-bond acceptors (Lipinski definition) is 4. The lowest BCUT2D eigenvalue weighted by Gasteiger charge is -2.38. The van der Waals surface area contributed by atoms with E-state index in [1.54, 1.807) is 0 Å². The third-order valence-electron chi connectivity index (χ3n) is 3.95. The Morgan fingerprint density at radius 1 is 1.19 bits per heavy atom. The quantitative estimate of drug-likeness (QED) is 0.760. The molecule has 1 saturated carbocycles. The van der Waals surface area contributed by atoms with E-state index < -0.39 is 9.84 Å². The fourth-order valence-corrected chi connectivity index (χ4v) is 4.39. The molecule has 1 aliphatic carbocycles. The molecule has 0 aromatic carbocycles. The maximum atomic E-state index is 11.4. The predicted octanol–water partition coefficient (Wildman–Crippen LogP) is 0.458. The number of hydrogen-bond donors (Lipinski definition) is 2. The van der Waals surface area contributed by atoms with Crippen LogP contribution in [-0.2, 0) is 9.84 Å². The van der Waals surface area contributed by atoms with Crippen LogP contribution in [0.1, 0.15) is 38.5 Å². The van der Waals surface area contributed by atoms with Crippen LogP contribution >= 0.6 is 0 Å². The second-order valence-electron chi connectivity index (χ2n) is 5.22. The van der Waals surface area contributed by atoms with Crippen LogP contribution < -0.4 is 5.32 Å². The van der Waals surface area contributed by atoms with Crippen LogP contribution in [0, 0.1) is 0 Å². The monoisotopic (exact) mass is 247 g/mol. The molecule has 94 valence electrons. The zero-order chi connectivity index (χ0) is 11.6. The van der Waals surface area contributed by atoms with E-state index in [2.05, 4.69) is 5.32 Å². The van der Waals surface area contributed by atoms with Gasteiger partial charge in [0.25, 0.3) is 0 Å². The predicted molar refractivity (Wildman–Crippen MR) is 63.1 cm³/mol. The second kappa shape index (κ2) is 4.63. The molecule has 1 aliphatic heterocycles. The van der Waals surface area contributed by atoms with Crippen molar-refractivity contribution < 1.29 is 13.5 Å². The largest absolute Gasteiger partial charge is 0.394 e. The lowest BCUT2D eigenvalue weighted by atomic mass is 9.92. The van der Waals surface area contributed by atoms with Crippen LogP contribution in [0.5, 0.6) is 0 Å². The molecule has 0 unspecified atom stereocenters. The first-order valence-electron chi connectivity index (χ1n) is 6.14. The van der Waals surface area contributed by atoms with Gasteiger partial charge in [0.2, 0.25) is 0 Å². The van der Waals surface area contributed by atoms with Crippen LogP contribution in [-0.4, -0.2) is 43.2 Å². The second-order valence-corrected chi connectivity index (χ2v) is 7.52. The highest BCUT2D eigenvalue weighted by Gasteiger charge is 2.38. The smallest absolute Gasteiger partial charge is 0.150 e. The molecule has 0 atom stereocenters. The van der Waals surface area contributed by atoms with Crippen molar-refractivity contribution in [2.45, 2.75) is 50.1 Å². The van der Waals surface area contributed by atoms with Gasteiger partial charge >= 0.3 is 0 Å². The number of rotatable bonds is 3. The average Bonchev–Trinajstić information content (AvgIpc) is 2.74. The van der Waals surface area contributed by atoms with Gasteiger partial charge in [0.05, 0.1) is 18.1 Å². The first-order chi connectivity index (χ1) is 7.55. The van der Waals surface area contributed by atoms with Crippen LogP contribution in [0.2, 0.25) is 0 Å². The summed E-state index contributed by atoms with van der Waals surface area (Å²) in [7, 11) is -2.85. The van der Waals surface area contributed by atoms with E-state index in [1.807, 2.05) is 0 Å². The molecule has 2 fully saturated rings. The molecule has 4 nitrogen and oxygen atoms in total. The van der Waals surface area contributed by atoms with Crippen LogP contribution in [0.15, 0.2) is 0 Å². The molecule has 0 aromatic heterocycles. The molecule has 1 saturated heterocycles. The van der Waals surface area contributed by atoms with Crippen molar-refractivity contribution in [2.75, 3.05) is 18.1 Å². The molecule has 1 heterocycles. The number of sulfone groups is 1. The zero-order valence-corrected chi connectivity index (χ0v) is 10.4. The Hall–Kier alpha value is -0.130. The summed E-state index contributed by atoms with van der Waals surface area (Å²) in [4.78, 5) is 0. The fourth-order valence-electron chi connectivity index (χ4n) is 2.78. The maximum Gasteiger partial charge on any atom is 0.150 e. The minimum absolute atomic E-state index is 0.0546. The number of aliphatic hydroxyl groups is 1. The maximum absolute atomic E-state index is 11.4. The molecular weight excluding hydrogens is 226 g/mol. The summed E-state index contributed by atoms with van der Waals surface area (Å²) < 4.78 is 22.8. The minimum atomic E-state index is -2.85. The van der Waals surface area contributed by atoms with Gasteiger partial charge in [-0.2, -0.15) is 0 Å². The Bertz CT molecular complexity index is 319. The number of aliphatic hydroxyl groups excluding tert-OH is 1. The van der Waals surface area contributed by atoms with Crippen molar-refractivity contribution in [3.05, 3.63) is 0 Å². The molecule has 2 N–H and O–H groups in total. The summed E-state index contributed by atoms with van der Waals surface area (Å²) in [6, 6.07) is 0.480. The SMILES string of the molecule is O=S1(=O)CCC(CO)(NC2CCCC2)CC1. The summed E-state index contributed by atoms with van der Waals surface area (Å²) in [6.45, 7) is 0.0546. The fraction of sp³-hybridized carbons (Fsp3) is 1.00. The van der Waals surface area contributed by atoms with Gasteiger partial charge in [0.15, 0.2) is 0 Å². The van der Waals surface area contributed by atoms with Crippen molar-refractivity contribution in [1.82, 2.24) is 5.32 Å². The highest BCUT2D eigenvalue weighted by molar-refractivity contribution is 7.91. The Balaban J connectivity index is 1.97. The van der Waals surface area contributed by atoms with Crippen molar-refractivity contribution in [2.24, 2.45) is 0 Å². The van der Waals surface area contributed by atoms with E-state index >= 15 is 0 Å². The summed E-state index contributed by atoms with van der Waals surface area (Å²) in [6.07, 6.45) is 5.93. The van der Waals surface area contributed by atoms with Crippen molar-refractivity contribution in [3.8, 4) is 0 Å². The molecule has 5 heteroatoms. The van der Waals surface area contributed by atoms with Gasteiger partial charge in [-0.25, -0.2) is 8.42 Å². The van der Waals surface area contributed by atoms with E-state index in [1.165, 1.54) is 12.8 Å². The van der Waals surface area contributed by atoms with Gasteiger partial charge in [0.1, 0.15) is 9.84 Å². The topological polar surface area (TPSA) is 66.4 Å².